The lowest BCUT2D eigenvalue weighted by molar-refractivity contribution is -0.136. The molecule has 2 aromatic rings. The van der Waals surface area contributed by atoms with E-state index in [1.54, 1.807) is 0 Å². The maximum atomic E-state index is 13.2. The molecule has 1 aromatic heterocycles. The first-order valence-corrected chi connectivity index (χ1v) is 10.5. The van der Waals surface area contributed by atoms with E-state index in [1.807, 2.05) is 0 Å². The van der Waals surface area contributed by atoms with Gasteiger partial charge in [0.25, 0.3) is 5.91 Å². The first-order chi connectivity index (χ1) is 13.6. The zero-order valence-corrected chi connectivity index (χ0v) is 16.4. The highest BCUT2D eigenvalue weighted by Crippen LogP contribution is 2.36. The van der Waals surface area contributed by atoms with Crippen LogP contribution in [0, 0.1) is 0 Å². The number of aromatic nitrogens is 1. The molecule has 1 aliphatic heterocycles. The molecule has 0 saturated carbocycles. The number of amides is 1. The van der Waals surface area contributed by atoms with Crippen molar-refractivity contribution in [3.63, 3.8) is 0 Å². The molecule has 7 nitrogen and oxygen atoms in total. The zero-order chi connectivity index (χ0) is 21.2. The van der Waals surface area contributed by atoms with Crippen molar-refractivity contribution in [2.75, 3.05) is 26.7 Å². The van der Waals surface area contributed by atoms with E-state index in [1.165, 1.54) is 36.3 Å². The molecule has 0 unspecified atom stereocenters. The number of carbonyl (C=O) groups excluding carboxylic acids is 1. The van der Waals surface area contributed by atoms with Gasteiger partial charge in [0.15, 0.2) is 6.61 Å². The van der Waals surface area contributed by atoms with E-state index in [2.05, 4.69) is 9.71 Å². The quantitative estimate of drug-likeness (QED) is 0.783. The number of hydrogen-bond donors (Lipinski definition) is 1. The summed E-state index contributed by atoms with van der Waals surface area (Å²) in [5.41, 5.74) is -1.12. The molecule has 0 radical (unpaired) electrons. The molecule has 3 rings (SSSR count). The van der Waals surface area contributed by atoms with Crippen molar-refractivity contribution in [2.24, 2.45) is 0 Å². The summed E-state index contributed by atoms with van der Waals surface area (Å²) in [7, 11) is -2.03. The van der Waals surface area contributed by atoms with E-state index in [-0.39, 0.29) is 43.7 Å². The summed E-state index contributed by atoms with van der Waals surface area (Å²) in [5, 5.41) is -0.392. The Kier molecular flexibility index (Phi) is 5.99. The van der Waals surface area contributed by atoms with Gasteiger partial charge in [-0.15, -0.1) is 0 Å². The van der Waals surface area contributed by atoms with Crippen LogP contribution in [0.15, 0.2) is 30.5 Å². The Morgan fingerprint density at radius 3 is 2.62 bits per heavy atom. The van der Waals surface area contributed by atoms with Gasteiger partial charge in [0, 0.05) is 26.1 Å². The Labute approximate surface area is 167 Å². The largest absolute Gasteiger partial charge is 0.483 e. The van der Waals surface area contributed by atoms with Crippen LogP contribution in [0.1, 0.15) is 19.8 Å². The van der Waals surface area contributed by atoms with Gasteiger partial charge in [-0.05, 0) is 38.1 Å². The lowest BCUT2D eigenvalue weighted by atomic mass is 10.1. The number of sulfonamides is 1. The maximum absolute atomic E-state index is 13.2. The van der Waals surface area contributed by atoms with Gasteiger partial charge in [-0.25, -0.2) is 13.1 Å². The molecule has 0 aliphatic carbocycles. The van der Waals surface area contributed by atoms with Gasteiger partial charge in [-0.3, -0.25) is 9.78 Å². The molecule has 1 fully saturated rings. The normalized spacial score (nSPS) is 16.2. The zero-order valence-electron chi connectivity index (χ0n) is 15.6. The Bertz CT molecular complexity index is 1010. The van der Waals surface area contributed by atoms with Crippen molar-refractivity contribution in [3.8, 4) is 5.75 Å². The summed E-state index contributed by atoms with van der Waals surface area (Å²) >= 11 is 0. The smallest absolute Gasteiger partial charge is 0.418 e. The average molecular weight is 433 g/mol. The second kappa shape index (κ2) is 8.15. The molecule has 1 amide bonds. The standard InChI is InChI=1S/C18H20F3N3O4S.H2/c1-22-29(26,27)12-6-9-24(10-7-12)16(25)11-28-15-5-8-23-17-13(15)3-2-4-14(17)18(19,20)21;/h2-5,8,12,22H,6-7,9-11H2,1H3;1H. The number of para-hydroxylation sites is 1. The van der Waals surface area contributed by atoms with Gasteiger partial charge in [-0.1, -0.05) is 6.07 Å². The second-order valence-corrected chi connectivity index (χ2v) is 8.79. The van der Waals surface area contributed by atoms with Crippen molar-refractivity contribution < 1.29 is 32.5 Å². The van der Waals surface area contributed by atoms with Crippen LogP contribution in [-0.4, -0.2) is 56.2 Å². The van der Waals surface area contributed by atoms with Crippen LogP contribution >= 0.6 is 0 Å². The number of carbonyl (C=O) groups is 1. The van der Waals surface area contributed by atoms with Crippen LogP contribution in [-0.2, 0) is 21.0 Å². The summed E-state index contributed by atoms with van der Waals surface area (Å²) in [6, 6.07) is 5.05. The maximum Gasteiger partial charge on any atom is 0.418 e. The van der Waals surface area contributed by atoms with Crippen LogP contribution in [0.2, 0.25) is 0 Å². The number of ether oxygens (including phenoxy) is 1. The average Bonchev–Trinajstić information content (AvgIpc) is 2.70. The number of rotatable bonds is 5. The first-order valence-electron chi connectivity index (χ1n) is 8.91. The summed E-state index contributed by atoms with van der Waals surface area (Å²) in [4.78, 5) is 17.7. The van der Waals surface area contributed by atoms with E-state index in [0.29, 0.717) is 12.8 Å². The number of nitrogens with zero attached hydrogens (tertiary/aromatic N) is 2. The number of likely N-dealkylation sites (tertiary alicyclic amines) is 1. The van der Waals surface area contributed by atoms with E-state index < -0.39 is 27.0 Å². The van der Waals surface area contributed by atoms with E-state index in [9.17, 15) is 26.4 Å². The molecule has 1 aliphatic rings. The fourth-order valence-electron chi connectivity index (χ4n) is 3.32. The summed E-state index contributed by atoms with van der Waals surface area (Å²) in [6.45, 7) is 0.172. The Morgan fingerprint density at radius 1 is 1.31 bits per heavy atom. The second-order valence-electron chi connectivity index (χ2n) is 6.63. The summed E-state index contributed by atoms with van der Waals surface area (Å²) in [6.07, 6.45) is -2.74. The van der Waals surface area contributed by atoms with Gasteiger partial charge in [-0.2, -0.15) is 13.2 Å². The fraction of sp³-hybridized carbons (Fsp3) is 0.444. The fourth-order valence-corrected chi connectivity index (χ4v) is 4.48. The van der Waals surface area contributed by atoms with Gasteiger partial charge in [0.05, 0.1) is 16.3 Å². The van der Waals surface area contributed by atoms with E-state index in [4.69, 9.17) is 4.74 Å². The molecular formula is C18H22F3N3O4S. The van der Waals surface area contributed by atoms with Crippen LogP contribution in [0.5, 0.6) is 5.75 Å². The van der Waals surface area contributed by atoms with Gasteiger partial charge >= 0.3 is 6.18 Å². The molecule has 0 spiro atoms. The molecular weight excluding hydrogens is 411 g/mol. The molecule has 0 bridgehead atoms. The van der Waals surface area contributed by atoms with Gasteiger partial charge < -0.3 is 9.64 Å². The van der Waals surface area contributed by atoms with E-state index >= 15 is 0 Å². The molecule has 160 valence electrons. The molecule has 11 heteroatoms. The van der Waals surface area contributed by atoms with Crippen molar-refractivity contribution in [2.45, 2.75) is 24.3 Å². The SMILES string of the molecule is CNS(=O)(=O)C1CCN(C(=O)COc2ccnc3c(C(F)(F)F)cccc23)CC1.[HH]. The highest BCUT2D eigenvalue weighted by atomic mass is 32.2. The van der Waals surface area contributed by atoms with Gasteiger partial charge in [0.2, 0.25) is 10.0 Å². The topological polar surface area (TPSA) is 88.6 Å². The Hall–Kier alpha value is -2.40. The highest BCUT2D eigenvalue weighted by molar-refractivity contribution is 7.90. The molecule has 1 saturated heterocycles. The number of fused-ring (bicyclic) bond motifs is 1. The first kappa shape index (κ1) is 21.3. The Balaban J connectivity index is 0.00000320. The van der Waals surface area contributed by atoms with Crippen LogP contribution < -0.4 is 9.46 Å². The monoisotopic (exact) mass is 433 g/mol. The number of pyridine rings is 1. The van der Waals surface area contributed by atoms with Crippen LogP contribution in [0.25, 0.3) is 10.9 Å². The van der Waals surface area contributed by atoms with Crippen LogP contribution in [0.4, 0.5) is 13.2 Å². The Morgan fingerprint density at radius 2 is 2.00 bits per heavy atom. The van der Waals surface area contributed by atoms with E-state index in [0.717, 1.165) is 6.07 Å². The molecule has 1 N–H and O–H groups in total. The number of alkyl halides is 3. The highest BCUT2D eigenvalue weighted by Gasteiger charge is 2.34. The summed E-state index contributed by atoms with van der Waals surface area (Å²) in [5.74, 6) is -0.232. The number of halogens is 3. The summed E-state index contributed by atoms with van der Waals surface area (Å²) < 4.78 is 70.9. The third kappa shape index (κ3) is 4.61. The molecule has 1 aromatic carbocycles. The molecule has 2 heterocycles. The number of hydrogen-bond acceptors (Lipinski definition) is 5. The number of nitrogens with one attached hydrogen (secondary N) is 1. The van der Waals surface area contributed by atoms with Crippen molar-refractivity contribution in [1.29, 1.82) is 0 Å². The van der Waals surface area contributed by atoms with Crippen molar-refractivity contribution >= 4 is 26.8 Å². The lowest BCUT2D eigenvalue weighted by Crippen LogP contribution is -2.46. The minimum absolute atomic E-state index is 0. The predicted octanol–water partition coefficient (Wildman–Crippen LogP) is 2.42. The minimum atomic E-state index is -4.56. The third-order valence-electron chi connectivity index (χ3n) is 4.91. The minimum Gasteiger partial charge on any atom is -0.483 e. The van der Waals surface area contributed by atoms with Gasteiger partial charge in [0.1, 0.15) is 5.75 Å². The third-order valence-corrected chi connectivity index (χ3v) is 6.82. The lowest BCUT2D eigenvalue weighted by Gasteiger charge is -2.31. The van der Waals surface area contributed by atoms with Crippen LogP contribution in [0.3, 0.4) is 0 Å². The number of piperidine rings is 1. The predicted molar refractivity (Wildman–Crippen MR) is 102 cm³/mol. The van der Waals surface area contributed by atoms with Crippen molar-refractivity contribution in [3.05, 3.63) is 36.0 Å². The molecule has 29 heavy (non-hydrogen) atoms. The van der Waals surface area contributed by atoms with Crippen molar-refractivity contribution in [1.82, 2.24) is 14.6 Å². The number of benzene rings is 1. The molecule has 0 atom stereocenters.